The van der Waals surface area contributed by atoms with E-state index in [1.807, 2.05) is 66.7 Å². The van der Waals surface area contributed by atoms with Crippen LogP contribution < -0.4 is 9.46 Å². The molecule has 38 heavy (non-hydrogen) atoms. The lowest BCUT2D eigenvalue weighted by Crippen LogP contribution is -2.49. The maximum atomic E-state index is 12.7. The number of nitrogens with zero attached hydrogens (tertiary/aromatic N) is 1. The zero-order chi connectivity index (χ0) is 26.8. The van der Waals surface area contributed by atoms with Crippen LogP contribution in [0.1, 0.15) is 43.4 Å². The molecule has 0 unspecified atom stereocenters. The van der Waals surface area contributed by atoms with E-state index in [4.69, 9.17) is 9.47 Å². The molecule has 198 valence electrons. The molecule has 1 amide bonds. The van der Waals surface area contributed by atoms with Gasteiger partial charge in [-0.2, -0.15) is 0 Å². The standard InChI is InChI=1S/C30H32N2O5S/c1-22(2)38(34,35)31-25-14-12-24(13-15-25)27-20-30(37-28-11-7-6-10-26(27)28)16-18-32(19-17-30)29(33)36-21-23-8-4-3-5-9-23/h3-15,20,22,31H,16-19,21H2,1-2H3. The highest BCUT2D eigenvalue weighted by molar-refractivity contribution is 7.93. The smallest absolute Gasteiger partial charge is 0.410 e. The lowest BCUT2D eigenvalue weighted by Gasteiger charge is -2.42. The van der Waals surface area contributed by atoms with Gasteiger partial charge in [0.15, 0.2) is 0 Å². The van der Waals surface area contributed by atoms with Crippen LogP contribution in [0.2, 0.25) is 0 Å². The zero-order valence-corrected chi connectivity index (χ0v) is 22.4. The Hall–Kier alpha value is -3.78. The van der Waals surface area contributed by atoms with E-state index in [0.717, 1.165) is 28.0 Å². The number of hydrogen-bond acceptors (Lipinski definition) is 5. The lowest BCUT2D eigenvalue weighted by atomic mass is 9.83. The highest BCUT2D eigenvalue weighted by Crippen LogP contribution is 2.43. The lowest BCUT2D eigenvalue weighted by molar-refractivity contribution is 0.0285. The van der Waals surface area contributed by atoms with Crippen molar-refractivity contribution >= 4 is 27.4 Å². The molecule has 0 radical (unpaired) electrons. The summed E-state index contributed by atoms with van der Waals surface area (Å²) < 4.78 is 39.2. The summed E-state index contributed by atoms with van der Waals surface area (Å²) in [5, 5.41) is -0.520. The Bertz CT molecular complexity index is 1420. The molecule has 2 aliphatic heterocycles. The summed E-state index contributed by atoms with van der Waals surface area (Å²) in [7, 11) is -3.42. The molecule has 7 nitrogen and oxygen atoms in total. The monoisotopic (exact) mass is 532 g/mol. The first-order valence-corrected chi connectivity index (χ1v) is 14.4. The number of ether oxygens (including phenoxy) is 2. The normalized spacial score (nSPS) is 16.4. The van der Waals surface area contributed by atoms with Crippen molar-refractivity contribution in [3.05, 3.63) is 102 Å². The average Bonchev–Trinajstić information content (AvgIpc) is 2.92. The van der Waals surface area contributed by atoms with Gasteiger partial charge in [-0.15, -0.1) is 0 Å². The first-order chi connectivity index (χ1) is 18.2. The number of fused-ring (bicyclic) bond motifs is 1. The van der Waals surface area contributed by atoms with Gasteiger partial charge in [0.2, 0.25) is 10.0 Å². The maximum absolute atomic E-state index is 12.7. The summed E-state index contributed by atoms with van der Waals surface area (Å²) >= 11 is 0. The number of benzene rings is 3. The Balaban J connectivity index is 1.33. The van der Waals surface area contributed by atoms with Gasteiger partial charge in [0.25, 0.3) is 0 Å². The van der Waals surface area contributed by atoms with Crippen molar-refractivity contribution in [1.82, 2.24) is 4.90 Å². The van der Waals surface area contributed by atoms with Gasteiger partial charge in [-0.3, -0.25) is 4.72 Å². The van der Waals surface area contributed by atoms with Gasteiger partial charge in [0, 0.05) is 37.2 Å². The van der Waals surface area contributed by atoms with Crippen LogP contribution in [0, 0.1) is 0 Å². The van der Waals surface area contributed by atoms with Crippen LogP contribution in [0.15, 0.2) is 84.9 Å². The molecule has 0 aliphatic carbocycles. The van der Waals surface area contributed by atoms with Gasteiger partial charge in [-0.05, 0) is 54.8 Å². The first-order valence-electron chi connectivity index (χ1n) is 12.8. The summed E-state index contributed by atoms with van der Waals surface area (Å²) in [6, 6.07) is 25.0. The maximum Gasteiger partial charge on any atom is 0.410 e. The van der Waals surface area contributed by atoms with Crippen molar-refractivity contribution in [3.8, 4) is 5.75 Å². The molecule has 1 fully saturated rings. The summed E-state index contributed by atoms with van der Waals surface area (Å²) in [6.45, 7) is 4.59. The number of sulfonamides is 1. The number of carbonyl (C=O) groups excluding carboxylic acids is 1. The number of anilines is 1. The number of rotatable bonds is 6. The van der Waals surface area contributed by atoms with Crippen molar-refractivity contribution in [2.24, 2.45) is 0 Å². The quantitative estimate of drug-likeness (QED) is 0.432. The average molecular weight is 533 g/mol. The van der Waals surface area contributed by atoms with E-state index in [1.165, 1.54) is 0 Å². The predicted octanol–water partition coefficient (Wildman–Crippen LogP) is 5.83. The third kappa shape index (κ3) is 5.55. The molecule has 3 aromatic rings. The van der Waals surface area contributed by atoms with Crippen LogP contribution >= 0.6 is 0 Å². The fourth-order valence-corrected chi connectivity index (χ4v) is 5.43. The molecular weight excluding hydrogens is 500 g/mol. The van der Waals surface area contributed by atoms with Gasteiger partial charge < -0.3 is 14.4 Å². The van der Waals surface area contributed by atoms with Crippen LogP contribution in [-0.4, -0.2) is 43.4 Å². The third-order valence-electron chi connectivity index (χ3n) is 7.05. The highest BCUT2D eigenvalue weighted by atomic mass is 32.2. The van der Waals surface area contributed by atoms with Crippen molar-refractivity contribution in [2.75, 3.05) is 17.8 Å². The van der Waals surface area contributed by atoms with Crippen LogP contribution in [0.25, 0.3) is 5.57 Å². The largest absolute Gasteiger partial charge is 0.482 e. The summed E-state index contributed by atoms with van der Waals surface area (Å²) in [4.78, 5) is 14.4. The molecule has 0 aromatic heterocycles. The van der Waals surface area contributed by atoms with Gasteiger partial charge in [0.1, 0.15) is 18.0 Å². The van der Waals surface area contributed by atoms with Crippen LogP contribution in [0.4, 0.5) is 10.5 Å². The minimum atomic E-state index is -3.42. The van der Waals surface area contributed by atoms with Gasteiger partial charge in [-0.1, -0.05) is 60.7 Å². The number of carbonyl (C=O) groups is 1. The van der Waals surface area contributed by atoms with Crippen molar-refractivity contribution in [3.63, 3.8) is 0 Å². The molecule has 1 saturated heterocycles. The van der Waals surface area contributed by atoms with E-state index in [2.05, 4.69) is 10.8 Å². The molecule has 3 aromatic carbocycles. The molecule has 1 N–H and O–H groups in total. The minimum Gasteiger partial charge on any atom is -0.482 e. The number of piperidine rings is 1. The van der Waals surface area contributed by atoms with Gasteiger partial charge in [0.05, 0.1) is 5.25 Å². The van der Waals surface area contributed by atoms with Crippen molar-refractivity contribution < 1.29 is 22.7 Å². The second-order valence-electron chi connectivity index (χ2n) is 10.0. The Morgan fingerprint density at radius 3 is 2.32 bits per heavy atom. The molecule has 2 aliphatic rings. The Morgan fingerprint density at radius 2 is 1.63 bits per heavy atom. The van der Waals surface area contributed by atoms with E-state index in [-0.39, 0.29) is 12.7 Å². The van der Waals surface area contributed by atoms with E-state index in [1.54, 1.807) is 30.9 Å². The topological polar surface area (TPSA) is 84.9 Å². The summed E-state index contributed by atoms with van der Waals surface area (Å²) in [6.07, 6.45) is 3.12. The summed E-state index contributed by atoms with van der Waals surface area (Å²) in [5.74, 6) is 0.801. The number of likely N-dealkylation sites (tertiary alicyclic amines) is 1. The van der Waals surface area contributed by atoms with E-state index < -0.39 is 20.9 Å². The van der Waals surface area contributed by atoms with E-state index in [9.17, 15) is 13.2 Å². The number of amides is 1. The Morgan fingerprint density at radius 1 is 0.974 bits per heavy atom. The van der Waals surface area contributed by atoms with Crippen LogP contribution in [0.3, 0.4) is 0 Å². The van der Waals surface area contributed by atoms with Crippen molar-refractivity contribution in [2.45, 2.75) is 44.1 Å². The van der Waals surface area contributed by atoms with Crippen LogP contribution in [0.5, 0.6) is 5.75 Å². The minimum absolute atomic E-state index is 0.249. The molecule has 0 saturated carbocycles. The van der Waals surface area contributed by atoms with Crippen molar-refractivity contribution in [1.29, 1.82) is 0 Å². The fourth-order valence-electron chi connectivity index (χ4n) is 4.73. The Labute approximate surface area is 224 Å². The number of hydrogen-bond donors (Lipinski definition) is 1. The summed E-state index contributed by atoms with van der Waals surface area (Å²) in [5.41, 5.74) is 3.93. The molecule has 2 heterocycles. The predicted molar refractivity (Wildman–Crippen MR) is 148 cm³/mol. The highest BCUT2D eigenvalue weighted by Gasteiger charge is 2.40. The molecule has 1 spiro atoms. The fraction of sp³-hybridized carbons (Fsp3) is 0.300. The zero-order valence-electron chi connectivity index (χ0n) is 21.6. The third-order valence-corrected chi connectivity index (χ3v) is 8.81. The molecule has 0 atom stereocenters. The molecule has 0 bridgehead atoms. The first kappa shape index (κ1) is 25.9. The SMILES string of the molecule is CC(C)S(=O)(=O)Nc1ccc(C2=CC3(CCN(C(=O)OCc4ccccc4)CC3)Oc3ccccc32)cc1. The van der Waals surface area contributed by atoms with Crippen LogP contribution in [-0.2, 0) is 21.4 Å². The molecule has 5 rings (SSSR count). The molecular formula is C30H32N2O5S. The number of nitrogens with one attached hydrogen (secondary N) is 1. The second-order valence-corrected chi connectivity index (χ2v) is 12.3. The molecule has 8 heteroatoms. The number of para-hydroxylation sites is 1. The van der Waals surface area contributed by atoms with E-state index in [0.29, 0.717) is 31.6 Å². The second kappa shape index (κ2) is 10.5. The van der Waals surface area contributed by atoms with E-state index >= 15 is 0 Å². The Kier molecular flexibility index (Phi) is 7.17. The van der Waals surface area contributed by atoms with Gasteiger partial charge in [-0.25, -0.2) is 13.2 Å². The van der Waals surface area contributed by atoms with Gasteiger partial charge >= 0.3 is 6.09 Å².